The number of carbonyl (C=O) groups is 2. The molecule has 1 heterocycles. The molecule has 1 aromatic rings. The predicted octanol–water partition coefficient (Wildman–Crippen LogP) is 2.07. The molecule has 2 rings (SSSR count). The summed E-state index contributed by atoms with van der Waals surface area (Å²) in [6.07, 6.45) is 0.536. The number of hydrogen-bond acceptors (Lipinski definition) is 2. The van der Waals surface area contributed by atoms with E-state index in [0.717, 1.165) is 16.8 Å². The van der Waals surface area contributed by atoms with Gasteiger partial charge in [0, 0.05) is 24.7 Å². The van der Waals surface area contributed by atoms with Crippen molar-refractivity contribution in [3.05, 3.63) is 29.3 Å². The highest BCUT2D eigenvalue weighted by molar-refractivity contribution is 5.95. The number of urea groups is 1. The van der Waals surface area contributed by atoms with Crippen LogP contribution in [0.5, 0.6) is 0 Å². The van der Waals surface area contributed by atoms with Gasteiger partial charge >= 0.3 is 12.0 Å². The van der Waals surface area contributed by atoms with E-state index in [1.165, 1.54) is 0 Å². The second-order valence-electron chi connectivity index (χ2n) is 4.91. The lowest BCUT2D eigenvalue weighted by Gasteiger charge is -2.18. The molecule has 0 bridgehead atoms. The van der Waals surface area contributed by atoms with Gasteiger partial charge in [-0.1, -0.05) is 12.1 Å². The fraction of sp³-hybridized carbons (Fsp3) is 0.429. The minimum Gasteiger partial charge on any atom is -0.481 e. The summed E-state index contributed by atoms with van der Waals surface area (Å²) in [6, 6.07) is 5.61. The Morgan fingerprint density at radius 1 is 1.47 bits per heavy atom. The van der Waals surface area contributed by atoms with Crippen LogP contribution in [0.4, 0.5) is 10.5 Å². The SMILES string of the molecule is Cc1cccc(N2CC(CCC(=O)O)NC2=O)c1C. The molecule has 1 aliphatic rings. The Balaban J connectivity index is 2.11. The first-order chi connectivity index (χ1) is 8.99. The molecule has 1 fully saturated rings. The van der Waals surface area contributed by atoms with Crippen molar-refractivity contribution in [2.75, 3.05) is 11.4 Å². The van der Waals surface area contributed by atoms with E-state index in [1.807, 2.05) is 32.0 Å². The Kier molecular flexibility index (Phi) is 3.74. The molecule has 2 amide bonds. The van der Waals surface area contributed by atoms with Gasteiger partial charge < -0.3 is 10.4 Å². The number of nitrogens with one attached hydrogen (secondary N) is 1. The minimum absolute atomic E-state index is 0.0750. The molecular formula is C14H18N2O3. The van der Waals surface area contributed by atoms with Crippen LogP contribution in [-0.4, -0.2) is 29.7 Å². The van der Waals surface area contributed by atoms with E-state index in [-0.39, 0.29) is 18.5 Å². The Morgan fingerprint density at radius 3 is 2.89 bits per heavy atom. The average molecular weight is 262 g/mol. The van der Waals surface area contributed by atoms with Crippen molar-refractivity contribution in [3.8, 4) is 0 Å². The van der Waals surface area contributed by atoms with Gasteiger partial charge in [0.1, 0.15) is 0 Å². The lowest BCUT2D eigenvalue weighted by atomic mass is 10.1. The van der Waals surface area contributed by atoms with Gasteiger partial charge in [0.05, 0.1) is 0 Å². The van der Waals surface area contributed by atoms with Crippen LogP contribution in [-0.2, 0) is 4.79 Å². The maximum absolute atomic E-state index is 12.0. The molecule has 19 heavy (non-hydrogen) atoms. The van der Waals surface area contributed by atoms with Crippen LogP contribution in [0.15, 0.2) is 18.2 Å². The monoisotopic (exact) mass is 262 g/mol. The molecule has 5 nitrogen and oxygen atoms in total. The number of anilines is 1. The number of amides is 2. The number of aryl methyl sites for hydroxylation is 1. The van der Waals surface area contributed by atoms with Gasteiger partial charge in [0.15, 0.2) is 0 Å². The molecule has 0 spiro atoms. The van der Waals surface area contributed by atoms with Gasteiger partial charge in [-0.25, -0.2) is 4.79 Å². The largest absolute Gasteiger partial charge is 0.481 e. The Morgan fingerprint density at radius 2 is 2.21 bits per heavy atom. The summed E-state index contributed by atoms with van der Waals surface area (Å²) in [6.45, 7) is 4.52. The smallest absolute Gasteiger partial charge is 0.322 e. The molecule has 102 valence electrons. The van der Waals surface area contributed by atoms with Crippen LogP contribution in [0.25, 0.3) is 0 Å². The van der Waals surface area contributed by atoms with Gasteiger partial charge in [-0.05, 0) is 37.5 Å². The third-order valence-corrected chi connectivity index (χ3v) is 3.55. The van der Waals surface area contributed by atoms with Crippen LogP contribution in [0.3, 0.4) is 0 Å². The van der Waals surface area contributed by atoms with Crippen LogP contribution >= 0.6 is 0 Å². The second kappa shape index (κ2) is 5.30. The van der Waals surface area contributed by atoms with Crippen molar-refractivity contribution < 1.29 is 14.7 Å². The molecule has 1 unspecified atom stereocenters. The molecule has 1 aromatic carbocycles. The van der Waals surface area contributed by atoms with Crippen LogP contribution in [0.2, 0.25) is 0 Å². The van der Waals surface area contributed by atoms with Gasteiger partial charge in [-0.3, -0.25) is 9.69 Å². The quantitative estimate of drug-likeness (QED) is 0.872. The van der Waals surface area contributed by atoms with Gasteiger partial charge in [0.2, 0.25) is 0 Å². The van der Waals surface area contributed by atoms with Crippen molar-refractivity contribution in [2.45, 2.75) is 32.7 Å². The number of aliphatic carboxylic acids is 1. The van der Waals surface area contributed by atoms with E-state index in [4.69, 9.17) is 5.11 Å². The normalized spacial score (nSPS) is 18.5. The topological polar surface area (TPSA) is 69.6 Å². The molecule has 0 saturated carbocycles. The summed E-state index contributed by atoms with van der Waals surface area (Å²) in [5.74, 6) is -0.834. The highest BCUT2D eigenvalue weighted by atomic mass is 16.4. The van der Waals surface area contributed by atoms with Crippen LogP contribution in [0, 0.1) is 13.8 Å². The zero-order valence-corrected chi connectivity index (χ0v) is 11.1. The Labute approximate surface area is 112 Å². The van der Waals surface area contributed by atoms with Crippen molar-refractivity contribution in [3.63, 3.8) is 0 Å². The van der Waals surface area contributed by atoms with Gasteiger partial charge in [0.25, 0.3) is 0 Å². The highest BCUT2D eigenvalue weighted by Crippen LogP contribution is 2.25. The molecule has 1 aliphatic heterocycles. The molecule has 5 heteroatoms. The Bertz CT molecular complexity index is 513. The van der Waals surface area contributed by atoms with Crippen molar-refractivity contribution in [1.29, 1.82) is 0 Å². The number of carboxylic acids is 1. The number of carboxylic acid groups (broad SMARTS) is 1. The molecule has 0 aliphatic carbocycles. The van der Waals surface area contributed by atoms with E-state index in [9.17, 15) is 9.59 Å². The van der Waals surface area contributed by atoms with Crippen molar-refractivity contribution in [1.82, 2.24) is 5.32 Å². The lowest BCUT2D eigenvalue weighted by molar-refractivity contribution is -0.137. The van der Waals surface area contributed by atoms with Crippen LogP contribution < -0.4 is 10.2 Å². The van der Waals surface area contributed by atoms with E-state index >= 15 is 0 Å². The van der Waals surface area contributed by atoms with Gasteiger partial charge in [-0.15, -0.1) is 0 Å². The van der Waals surface area contributed by atoms with Crippen molar-refractivity contribution >= 4 is 17.7 Å². The number of benzene rings is 1. The lowest BCUT2D eigenvalue weighted by Crippen LogP contribution is -2.29. The first-order valence-corrected chi connectivity index (χ1v) is 6.35. The van der Waals surface area contributed by atoms with Gasteiger partial charge in [-0.2, -0.15) is 0 Å². The first-order valence-electron chi connectivity index (χ1n) is 6.35. The predicted molar refractivity (Wildman–Crippen MR) is 72.5 cm³/mol. The minimum atomic E-state index is -0.834. The molecule has 2 N–H and O–H groups in total. The summed E-state index contributed by atoms with van der Waals surface area (Å²) in [5, 5.41) is 11.5. The molecule has 1 saturated heterocycles. The first kappa shape index (κ1) is 13.4. The molecule has 0 radical (unpaired) electrons. The van der Waals surface area contributed by atoms with E-state index in [1.54, 1.807) is 4.90 Å². The zero-order chi connectivity index (χ0) is 14.0. The summed E-state index contributed by atoms with van der Waals surface area (Å²) < 4.78 is 0. The fourth-order valence-electron chi connectivity index (χ4n) is 2.30. The number of rotatable bonds is 4. The standard InChI is InChI=1S/C14H18N2O3/c1-9-4-3-5-12(10(9)2)16-8-11(15-14(16)19)6-7-13(17)18/h3-5,11H,6-8H2,1-2H3,(H,15,19)(H,17,18). The average Bonchev–Trinajstić information content (AvgIpc) is 2.71. The molecule has 1 atom stereocenters. The van der Waals surface area contributed by atoms with Crippen molar-refractivity contribution in [2.24, 2.45) is 0 Å². The number of hydrogen-bond donors (Lipinski definition) is 2. The molecular weight excluding hydrogens is 244 g/mol. The third-order valence-electron chi connectivity index (χ3n) is 3.55. The summed E-state index contributed by atoms with van der Waals surface area (Å²) in [4.78, 5) is 24.2. The molecule has 0 aromatic heterocycles. The summed E-state index contributed by atoms with van der Waals surface area (Å²) in [7, 11) is 0. The summed E-state index contributed by atoms with van der Waals surface area (Å²) in [5.41, 5.74) is 3.12. The summed E-state index contributed by atoms with van der Waals surface area (Å²) >= 11 is 0. The van der Waals surface area contributed by atoms with E-state index in [2.05, 4.69) is 5.32 Å². The maximum Gasteiger partial charge on any atom is 0.322 e. The number of carbonyl (C=O) groups excluding carboxylic acids is 1. The zero-order valence-electron chi connectivity index (χ0n) is 11.1. The van der Waals surface area contributed by atoms with Crippen LogP contribution in [0.1, 0.15) is 24.0 Å². The third kappa shape index (κ3) is 2.86. The number of nitrogens with zero attached hydrogens (tertiary/aromatic N) is 1. The van der Waals surface area contributed by atoms with E-state index < -0.39 is 5.97 Å². The second-order valence-corrected chi connectivity index (χ2v) is 4.91. The van der Waals surface area contributed by atoms with E-state index in [0.29, 0.717) is 13.0 Å². The maximum atomic E-state index is 12.0. The Hall–Kier alpha value is -2.04. The highest BCUT2D eigenvalue weighted by Gasteiger charge is 2.30. The fourth-order valence-corrected chi connectivity index (χ4v) is 2.30.